The summed E-state index contributed by atoms with van der Waals surface area (Å²) in [5.41, 5.74) is 0. The summed E-state index contributed by atoms with van der Waals surface area (Å²) in [7, 11) is 0.0277. The van der Waals surface area contributed by atoms with Gasteiger partial charge in [0, 0.05) is 0 Å². The lowest BCUT2D eigenvalue weighted by atomic mass is 9.97. The van der Waals surface area contributed by atoms with E-state index in [0.29, 0.717) is 6.10 Å². The monoisotopic (exact) mass is 114 g/mol. The van der Waals surface area contributed by atoms with Gasteiger partial charge in [0.15, 0.2) is 0 Å². The van der Waals surface area contributed by atoms with E-state index < -0.39 is 0 Å². The van der Waals surface area contributed by atoms with Gasteiger partial charge >= 0.3 is 7.12 Å². The van der Waals surface area contributed by atoms with E-state index in [1.807, 2.05) is 6.82 Å². The van der Waals surface area contributed by atoms with Crippen molar-refractivity contribution >= 4 is 7.12 Å². The Labute approximate surface area is 50.3 Å². The molecule has 3 heteroatoms. The topological polar surface area (TPSA) is 18.5 Å². The minimum Gasteiger partial charge on any atom is -0.409 e. The largest absolute Gasteiger partial charge is 0.453 e. The molecule has 46 valence electrons. The van der Waals surface area contributed by atoms with Crippen LogP contribution in [-0.4, -0.2) is 19.8 Å². The molecule has 0 aromatic carbocycles. The molecule has 1 rings (SSSR count). The smallest absolute Gasteiger partial charge is 0.409 e. The zero-order valence-corrected chi connectivity index (χ0v) is 5.39. The molecule has 0 N–H and O–H groups in total. The summed E-state index contributed by atoms with van der Waals surface area (Å²) in [4.78, 5) is 0. The summed E-state index contributed by atoms with van der Waals surface area (Å²) < 4.78 is 10.4. The summed E-state index contributed by atoms with van der Waals surface area (Å²) in [6.07, 6.45) is 1.41. The minimum absolute atomic E-state index is 0.0277. The van der Waals surface area contributed by atoms with E-state index >= 15 is 0 Å². The van der Waals surface area contributed by atoms with Crippen molar-refractivity contribution in [3.63, 3.8) is 0 Å². The van der Waals surface area contributed by atoms with Crippen LogP contribution in [0.25, 0.3) is 0 Å². The summed E-state index contributed by atoms with van der Waals surface area (Å²) in [6.45, 7) is 4.80. The molecule has 0 amide bonds. The number of hydrogen-bond donors (Lipinski definition) is 0. The van der Waals surface area contributed by atoms with Gasteiger partial charge in [-0.25, -0.2) is 0 Å². The van der Waals surface area contributed by atoms with E-state index in [1.165, 1.54) is 0 Å². The summed E-state index contributed by atoms with van der Waals surface area (Å²) in [6, 6.07) is 0. The Morgan fingerprint density at radius 3 is 2.75 bits per heavy atom. The Bertz CT molecular complexity index is 76.8. The van der Waals surface area contributed by atoms with Crippen LogP contribution < -0.4 is 0 Å². The fraction of sp³-hybridized carbons (Fsp3) is 1.00. The molecule has 1 unspecified atom stereocenters. The summed E-state index contributed by atoms with van der Waals surface area (Å²) in [5.74, 6) is 0. The van der Waals surface area contributed by atoms with Crippen molar-refractivity contribution in [3.05, 3.63) is 0 Å². The van der Waals surface area contributed by atoms with Gasteiger partial charge in [-0.05, 0) is 13.2 Å². The van der Waals surface area contributed by atoms with Crippen LogP contribution in [0.15, 0.2) is 0 Å². The quantitative estimate of drug-likeness (QED) is 0.472. The fourth-order valence-corrected chi connectivity index (χ4v) is 0.806. The molecule has 1 saturated heterocycles. The van der Waals surface area contributed by atoms with Gasteiger partial charge < -0.3 is 9.31 Å². The molecular formula is C5H11BO2. The highest BCUT2D eigenvalue weighted by atomic mass is 16.6. The molecule has 0 saturated carbocycles. The van der Waals surface area contributed by atoms with Crippen LogP contribution >= 0.6 is 0 Å². The summed E-state index contributed by atoms with van der Waals surface area (Å²) >= 11 is 0. The van der Waals surface area contributed by atoms with Crippen molar-refractivity contribution in [2.45, 2.75) is 26.3 Å². The molecule has 0 spiro atoms. The standard InChI is InChI=1S/C5H11BO2/c1-3-5-4-7-6(2)8-5/h5H,3-4H2,1-2H3. The van der Waals surface area contributed by atoms with E-state index in [2.05, 4.69) is 6.92 Å². The first-order chi connectivity index (χ1) is 3.83. The molecule has 1 fully saturated rings. The highest BCUT2D eigenvalue weighted by Crippen LogP contribution is 2.09. The third-order valence-corrected chi connectivity index (χ3v) is 1.36. The van der Waals surface area contributed by atoms with Gasteiger partial charge in [0.1, 0.15) is 0 Å². The predicted octanol–water partition coefficient (Wildman–Crippen LogP) is 0.930. The Morgan fingerprint density at radius 2 is 2.50 bits per heavy atom. The number of hydrogen-bond acceptors (Lipinski definition) is 2. The first kappa shape index (κ1) is 6.11. The van der Waals surface area contributed by atoms with Crippen molar-refractivity contribution < 1.29 is 9.31 Å². The average Bonchev–Trinajstić information content (AvgIpc) is 2.14. The molecule has 0 aliphatic carbocycles. The van der Waals surface area contributed by atoms with Crippen LogP contribution in [0.3, 0.4) is 0 Å². The van der Waals surface area contributed by atoms with Crippen LogP contribution in [0.2, 0.25) is 6.82 Å². The lowest BCUT2D eigenvalue weighted by Crippen LogP contribution is -2.10. The first-order valence-electron chi connectivity index (χ1n) is 3.10. The highest BCUT2D eigenvalue weighted by molar-refractivity contribution is 6.43. The van der Waals surface area contributed by atoms with E-state index in [0.717, 1.165) is 13.0 Å². The van der Waals surface area contributed by atoms with Crippen LogP contribution in [0.5, 0.6) is 0 Å². The molecule has 1 aliphatic heterocycles. The second-order valence-electron chi connectivity index (χ2n) is 2.07. The predicted molar refractivity (Wildman–Crippen MR) is 32.7 cm³/mol. The lowest BCUT2D eigenvalue weighted by molar-refractivity contribution is 0.229. The maximum atomic E-state index is 5.29. The highest BCUT2D eigenvalue weighted by Gasteiger charge is 2.24. The molecule has 0 bridgehead atoms. The first-order valence-corrected chi connectivity index (χ1v) is 3.10. The Hall–Kier alpha value is -0.0151. The SMILES string of the molecule is CCC1COB(C)O1. The molecule has 1 atom stereocenters. The molecule has 0 radical (unpaired) electrons. The maximum absolute atomic E-state index is 5.29. The van der Waals surface area contributed by atoms with Crippen molar-refractivity contribution in [2.24, 2.45) is 0 Å². The normalized spacial score (nSPS) is 29.2. The van der Waals surface area contributed by atoms with Gasteiger partial charge in [-0.3, -0.25) is 0 Å². The minimum atomic E-state index is 0.0277. The van der Waals surface area contributed by atoms with E-state index in [-0.39, 0.29) is 7.12 Å². The van der Waals surface area contributed by atoms with E-state index in [4.69, 9.17) is 9.31 Å². The van der Waals surface area contributed by atoms with Gasteiger partial charge in [-0.15, -0.1) is 0 Å². The molecule has 1 heterocycles. The molecule has 2 nitrogen and oxygen atoms in total. The molecule has 0 aromatic rings. The van der Waals surface area contributed by atoms with Crippen molar-refractivity contribution in [2.75, 3.05) is 6.61 Å². The van der Waals surface area contributed by atoms with Crippen LogP contribution in [0.4, 0.5) is 0 Å². The second-order valence-corrected chi connectivity index (χ2v) is 2.07. The van der Waals surface area contributed by atoms with Gasteiger partial charge in [-0.2, -0.15) is 0 Å². The number of rotatable bonds is 1. The van der Waals surface area contributed by atoms with Crippen LogP contribution in [0.1, 0.15) is 13.3 Å². The lowest BCUT2D eigenvalue weighted by Gasteiger charge is -2.01. The zero-order valence-electron chi connectivity index (χ0n) is 5.39. The van der Waals surface area contributed by atoms with Gasteiger partial charge in [0.25, 0.3) is 0 Å². The third kappa shape index (κ3) is 1.23. The Balaban J connectivity index is 2.22. The van der Waals surface area contributed by atoms with Gasteiger partial charge in [0.05, 0.1) is 12.7 Å². The van der Waals surface area contributed by atoms with Crippen LogP contribution in [0, 0.1) is 0 Å². The molecule has 8 heavy (non-hydrogen) atoms. The van der Waals surface area contributed by atoms with E-state index in [1.54, 1.807) is 0 Å². The van der Waals surface area contributed by atoms with Crippen LogP contribution in [-0.2, 0) is 9.31 Å². The van der Waals surface area contributed by atoms with Gasteiger partial charge in [0.2, 0.25) is 0 Å². The van der Waals surface area contributed by atoms with Gasteiger partial charge in [-0.1, -0.05) is 6.92 Å². The Kier molecular flexibility index (Phi) is 1.92. The van der Waals surface area contributed by atoms with E-state index in [9.17, 15) is 0 Å². The van der Waals surface area contributed by atoms with Crippen molar-refractivity contribution in [1.82, 2.24) is 0 Å². The molecule has 1 aliphatic rings. The molecular weight excluding hydrogens is 103 g/mol. The third-order valence-electron chi connectivity index (χ3n) is 1.36. The fourth-order valence-electron chi connectivity index (χ4n) is 0.806. The maximum Gasteiger partial charge on any atom is 0.453 e. The summed E-state index contributed by atoms with van der Waals surface area (Å²) in [5, 5.41) is 0. The van der Waals surface area contributed by atoms with Crippen molar-refractivity contribution in [3.8, 4) is 0 Å². The average molecular weight is 114 g/mol. The Morgan fingerprint density at radius 1 is 1.75 bits per heavy atom. The zero-order chi connectivity index (χ0) is 5.98. The van der Waals surface area contributed by atoms with Crippen molar-refractivity contribution in [1.29, 1.82) is 0 Å². The second kappa shape index (κ2) is 2.51. The molecule has 0 aromatic heterocycles.